The topological polar surface area (TPSA) is 151 Å². The van der Waals surface area contributed by atoms with Crippen LogP contribution in [-0.4, -0.2) is 41.1 Å². The molecule has 0 radical (unpaired) electrons. The van der Waals surface area contributed by atoms with Crippen molar-refractivity contribution < 1.29 is 13.2 Å². The highest BCUT2D eigenvalue weighted by Crippen LogP contribution is 2.13. The van der Waals surface area contributed by atoms with E-state index in [4.69, 9.17) is 15.6 Å². The first-order valence-electron chi connectivity index (χ1n) is 5.24. The van der Waals surface area contributed by atoms with Crippen LogP contribution < -0.4 is 15.6 Å². The number of anilines is 1. The maximum Gasteiger partial charge on any atom is 0.274 e. The van der Waals surface area contributed by atoms with Gasteiger partial charge in [0.1, 0.15) is 18.6 Å². The van der Waals surface area contributed by atoms with Crippen LogP contribution in [0.2, 0.25) is 0 Å². The monoisotopic (exact) mass is 287 g/mol. The molecule has 5 N–H and O–H groups in total. The highest BCUT2D eigenvalue weighted by atomic mass is 32.2. The van der Waals surface area contributed by atoms with E-state index in [2.05, 4.69) is 19.7 Å². The zero-order valence-corrected chi connectivity index (χ0v) is 10.7. The lowest BCUT2D eigenvalue weighted by molar-refractivity contribution is 0.0836. The Balaban J connectivity index is 1.90. The van der Waals surface area contributed by atoms with E-state index in [-0.39, 0.29) is 19.9 Å². The predicted octanol–water partition coefficient (Wildman–Crippen LogP) is -1.82. The van der Waals surface area contributed by atoms with Crippen molar-refractivity contribution >= 4 is 27.2 Å². The van der Waals surface area contributed by atoms with Gasteiger partial charge in [-0.3, -0.25) is 4.57 Å². The summed E-state index contributed by atoms with van der Waals surface area (Å²) in [6, 6.07) is 0. The minimum absolute atomic E-state index is 0.0859. The summed E-state index contributed by atoms with van der Waals surface area (Å²) in [5, 5.41) is 4.76. The minimum Gasteiger partial charge on any atom is -0.382 e. The number of ether oxygens (including phenoxy) is 1. The molecule has 0 aromatic carbocycles. The van der Waals surface area contributed by atoms with Gasteiger partial charge in [0.05, 0.1) is 12.9 Å². The lowest BCUT2D eigenvalue weighted by atomic mass is 10.5. The molecular formula is C8H13N7O3S. The van der Waals surface area contributed by atoms with Gasteiger partial charge in [0.15, 0.2) is 11.5 Å². The van der Waals surface area contributed by atoms with Gasteiger partial charge in [-0.2, -0.15) is 8.42 Å². The van der Waals surface area contributed by atoms with E-state index in [1.54, 1.807) is 4.57 Å². The Labute approximate surface area is 109 Å². The van der Waals surface area contributed by atoms with E-state index in [9.17, 15) is 8.42 Å². The molecule has 0 aliphatic heterocycles. The number of aromatic nitrogens is 4. The van der Waals surface area contributed by atoms with Crippen LogP contribution in [0.5, 0.6) is 0 Å². The summed E-state index contributed by atoms with van der Waals surface area (Å²) in [6.45, 7) is 0.415. The standard InChI is InChI=1S/C8H13N7O3S/c9-7-6-8(12-3-11-7)15(4-13-6)5-18-2-1-14-19(10,16)17/h3-4,14H,1-2,5H2,(H2,9,11,12)(H2,10,16,17). The van der Waals surface area contributed by atoms with E-state index < -0.39 is 10.2 Å². The quantitative estimate of drug-likeness (QED) is 0.529. The molecule has 0 atom stereocenters. The van der Waals surface area contributed by atoms with Crippen molar-refractivity contribution in [2.24, 2.45) is 5.14 Å². The maximum atomic E-state index is 10.6. The van der Waals surface area contributed by atoms with Crippen LogP contribution in [0.1, 0.15) is 0 Å². The average molecular weight is 287 g/mol. The van der Waals surface area contributed by atoms with E-state index in [0.717, 1.165) is 0 Å². The van der Waals surface area contributed by atoms with Crippen LogP contribution in [0.4, 0.5) is 5.82 Å². The molecule has 0 amide bonds. The van der Waals surface area contributed by atoms with Crippen molar-refractivity contribution in [3.8, 4) is 0 Å². The third kappa shape index (κ3) is 3.57. The zero-order chi connectivity index (χ0) is 13.9. The predicted molar refractivity (Wildman–Crippen MR) is 66.8 cm³/mol. The van der Waals surface area contributed by atoms with Crippen molar-refractivity contribution in [1.82, 2.24) is 24.2 Å². The molecule has 0 spiro atoms. The summed E-state index contributed by atoms with van der Waals surface area (Å²) in [4.78, 5) is 11.9. The van der Waals surface area contributed by atoms with E-state index in [0.29, 0.717) is 17.0 Å². The summed E-state index contributed by atoms with van der Waals surface area (Å²) in [7, 11) is -3.68. The van der Waals surface area contributed by atoms with Crippen molar-refractivity contribution in [2.45, 2.75) is 6.73 Å². The van der Waals surface area contributed by atoms with Crippen molar-refractivity contribution in [1.29, 1.82) is 0 Å². The van der Waals surface area contributed by atoms with Gasteiger partial charge < -0.3 is 10.5 Å². The molecule has 0 fully saturated rings. The number of nitrogens with two attached hydrogens (primary N) is 2. The van der Waals surface area contributed by atoms with Gasteiger partial charge in [-0.25, -0.2) is 24.8 Å². The summed E-state index contributed by atoms with van der Waals surface area (Å²) in [6.07, 6.45) is 2.85. The van der Waals surface area contributed by atoms with E-state index in [1.807, 2.05) is 0 Å². The fourth-order valence-electron chi connectivity index (χ4n) is 1.41. The van der Waals surface area contributed by atoms with Crippen LogP contribution in [0.15, 0.2) is 12.7 Å². The number of rotatable bonds is 6. The molecule has 19 heavy (non-hydrogen) atoms. The molecule has 0 unspecified atom stereocenters. The maximum absolute atomic E-state index is 10.6. The molecule has 0 saturated heterocycles. The Morgan fingerprint density at radius 2 is 2.16 bits per heavy atom. The largest absolute Gasteiger partial charge is 0.382 e. The first-order valence-corrected chi connectivity index (χ1v) is 6.78. The fourth-order valence-corrected chi connectivity index (χ4v) is 1.78. The summed E-state index contributed by atoms with van der Waals surface area (Å²) in [5.74, 6) is 0.291. The van der Waals surface area contributed by atoms with Gasteiger partial charge in [-0.1, -0.05) is 0 Å². The van der Waals surface area contributed by atoms with Gasteiger partial charge in [0.25, 0.3) is 10.2 Å². The van der Waals surface area contributed by atoms with Gasteiger partial charge in [-0.05, 0) is 0 Å². The molecule has 11 heteroatoms. The summed E-state index contributed by atoms with van der Waals surface area (Å²) < 4.78 is 30.2. The van der Waals surface area contributed by atoms with Crippen molar-refractivity contribution in [3.05, 3.63) is 12.7 Å². The van der Waals surface area contributed by atoms with Gasteiger partial charge >= 0.3 is 0 Å². The second-order valence-corrected chi connectivity index (χ2v) is 5.00. The number of nitrogens with one attached hydrogen (secondary N) is 1. The molecule has 0 aliphatic carbocycles. The molecule has 2 aromatic rings. The van der Waals surface area contributed by atoms with E-state index in [1.165, 1.54) is 12.7 Å². The molecular weight excluding hydrogens is 274 g/mol. The third-order valence-electron chi connectivity index (χ3n) is 2.21. The van der Waals surface area contributed by atoms with Crippen LogP contribution in [0.25, 0.3) is 11.2 Å². The molecule has 2 heterocycles. The summed E-state index contributed by atoms with van der Waals surface area (Å²) >= 11 is 0. The number of hydrogen-bond acceptors (Lipinski definition) is 7. The SMILES string of the molecule is Nc1ncnc2c1ncn2COCCNS(N)(=O)=O. The second-order valence-electron chi connectivity index (χ2n) is 3.62. The Kier molecular flexibility index (Phi) is 3.90. The summed E-state index contributed by atoms with van der Waals surface area (Å²) in [5.41, 5.74) is 6.68. The number of nitrogens with zero attached hydrogens (tertiary/aromatic N) is 4. The van der Waals surface area contributed by atoms with Gasteiger partial charge in [0.2, 0.25) is 0 Å². The zero-order valence-electron chi connectivity index (χ0n) is 9.85. The van der Waals surface area contributed by atoms with Crippen LogP contribution in [-0.2, 0) is 21.7 Å². The molecule has 0 bridgehead atoms. The van der Waals surface area contributed by atoms with Crippen LogP contribution in [0, 0.1) is 0 Å². The third-order valence-corrected chi connectivity index (χ3v) is 2.82. The molecule has 2 rings (SSSR count). The molecule has 2 aromatic heterocycles. The average Bonchev–Trinajstić information content (AvgIpc) is 2.72. The molecule has 0 aliphatic rings. The first-order chi connectivity index (χ1) is 8.97. The van der Waals surface area contributed by atoms with Crippen LogP contribution in [0.3, 0.4) is 0 Å². The normalized spacial score (nSPS) is 12.1. The van der Waals surface area contributed by atoms with E-state index >= 15 is 0 Å². The minimum atomic E-state index is -3.68. The highest BCUT2D eigenvalue weighted by molar-refractivity contribution is 7.87. The van der Waals surface area contributed by atoms with Crippen molar-refractivity contribution in [2.75, 3.05) is 18.9 Å². The highest BCUT2D eigenvalue weighted by Gasteiger charge is 2.07. The fraction of sp³-hybridized carbons (Fsp3) is 0.375. The molecule has 10 nitrogen and oxygen atoms in total. The van der Waals surface area contributed by atoms with Gasteiger partial charge in [-0.15, -0.1) is 0 Å². The Morgan fingerprint density at radius 1 is 1.37 bits per heavy atom. The first kappa shape index (κ1) is 13.6. The van der Waals surface area contributed by atoms with Crippen molar-refractivity contribution in [3.63, 3.8) is 0 Å². The second kappa shape index (κ2) is 5.44. The molecule has 0 saturated carbocycles. The number of nitrogen functional groups attached to an aromatic ring is 1. The lowest BCUT2D eigenvalue weighted by Crippen LogP contribution is -2.33. The Bertz CT molecular complexity index is 668. The Hall–Kier alpha value is -1.82. The number of imidazole rings is 1. The van der Waals surface area contributed by atoms with Crippen LogP contribution >= 0.6 is 0 Å². The number of hydrogen-bond donors (Lipinski definition) is 3. The number of fused-ring (bicyclic) bond motifs is 1. The Morgan fingerprint density at radius 3 is 2.89 bits per heavy atom. The molecule has 104 valence electrons. The van der Waals surface area contributed by atoms with Gasteiger partial charge in [0, 0.05) is 6.54 Å². The lowest BCUT2D eigenvalue weighted by Gasteiger charge is -2.06. The smallest absolute Gasteiger partial charge is 0.274 e.